The summed E-state index contributed by atoms with van der Waals surface area (Å²) in [6.45, 7) is 0.606. The molecule has 0 bridgehead atoms. The van der Waals surface area contributed by atoms with E-state index in [2.05, 4.69) is 10.6 Å². The summed E-state index contributed by atoms with van der Waals surface area (Å²) in [5.74, 6) is -1.88. The van der Waals surface area contributed by atoms with Gasteiger partial charge in [0.05, 0.1) is 13.2 Å². The van der Waals surface area contributed by atoms with Crippen LogP contribution in [0.1, 0.15) is 19.9 Å². The molecule has 8 nitrogen and oxygen atoms in total. The largest absolute Gasteiger partial charge is 0.459 e. The van der Waals surface area contributed by atoms with E-state index in [0.717, 1.165) is 5.56 Å². The highest BCUT2D eigenvalue weighted by Crippen LogP contribution is 2.02. The molecule has 5 N–H and O–H groups in total. The van der Waals surface area contributed by atoms with Crippen LogP contribution in [0.15, 0.2) is 30.3 Å². The molecule has 0 saturated carbocycles. The van der Waals surface area contributed by atoms with Crippen LogP contribution in [0, 0.1) is 0 Å². The van der Waals surface area contributed by atoms with E-state index in [-0.39, 0.29) is 20.6 Å². The van der Waals surface area contributed by atoms with Crippen molar-refractivity contribution in [1.82, 2.24) is 10.6 Å². The van der Waals surface area contributed by atoms with Crippen LogP contribution in [0.4, 0.5) is 0 Å². The molecular weight excluding hydrogens is 314 g/mol. The quantitative estimate of drug-likeness (QED) is 0.464. The number of rotatable bonds is 8. The third kappa shape index (κ3) is 7.21. The minimum Gasteiger partial charge on any atom is -0.459 e. The van der Waals surface area contributed by atoms with Gasteiger partial charge in [0, 0.05) is 0 Å². The number of aliphatic hydroxyl groups is 1. The zero-order chi connectivity index (χ0) is 17.2. The van der Waals surface area contributed by atoms with Crippen LogP contribution in [0.25, 0.3) is 0 Å². The van der Waals surface area contributed by atoms with Crippen molar-refractivity contribution in [2.45, 2.75) is 33.0 Å². The van der Waals surface area contributed by atoms with E-state index < -0.39 is 36.5 Å². The molecule has 0 radical (unpaired) electrons. The van der Waals surface area contributed by atoms with Gasteiger partial charge in [-0.1, -0.05) is 37.8 Å². The molecule has 24 heavy (non-hydrogen) atoms. The standard InChI is InChI=1S/C15H21N3O5.CH4/c1-10(17-13(20)7-16)14(21)18-12(8-19)15(22)23-9-11-5-3-2-4-6-11;/h2-6,10,12,19H,7-9,16H2,1H3,(H,17,20)(H,18,21);1H4/t10-,12-;/m0./s1. The Morgan fingerprint density at radius 3 is 2.38 bits per heavy atom. The molecule has 8 heteroatoms. The molecule has 1 aromatic rings. The van der Waals surface area contributed by atoms with Gasteiger partial charge >= 0.3 is 5.97 Å². The summed E-state index contributed by atoms with van der Waals surface area (Å²) in [5, 5.41) is 13.9. The molecule has 0 aliphatic carbocycles. The maximum Gasteiger partial charge on any atom is 0.331 e. The van der Waals surface area contributed by atoms with Crippen molar-refractivity contribution in [2.24, 2.45) is 5.73 Å². The molecule has 0 heterocycles. The topological polar surface area (TPSA) is 131 Å². The van der Waals surface area contributed by atoms with Gasteiger partial charge in [0.2, 0.25) is 11.8 Å². The van der Waals surface area contributed by atoms with Gasteiger partial charge in [-0.25, -0.2) is 4.79 Å². The summed E-state index contributed by atoms with van der Waals surface area (Å²) < 4.78 is 5.04. The number of hydrogen-bond acceptors (Lipinski definition) is 6. The van der Waals surface area contributed by atoms with Crippen molar-refractivity contribution in [3.05, 3.63) is 35.9 Å². The Morgan fingerprint density at radius 1 is 1.21 bits per heavy atom. The lowest BCUT2D eigenvalue weighted by atomic mass is 10.2. The van der Waals surface area contributed by atoms with Crippen LogP contribution in [0.3, 0.4) is 0 Å². The van der Waals surface area contributed by atoms with Crippen molar-refractivity contribution in [1.29, 1.82) is 0 Å². The molecule has 134 valence electrons. The molecule has 1 rings (SSSR count). The SMILES string of the molecule is C.C[C@H](NC(=O)CN)C(=O)N[C@@H](CO)C(=O)OCc1ccccc1. The molecule has 1 aromatic carbocycles. The van der Waals surface area contributed by atoms with Crippen molar-refractivity contribution in [2.75, 3.05) is 13.2 Å². The van der Waals surface area contributed by atoms with Gasteiger partial charge in [0.15, 0.2) is 6.04 Å². The number of nitrogens with two attached hydrogens (primary N) is 1. The highest BCUT2D eigenvalue weighted by Gasteiger charge is 2.24. The fraction of sp³-hybridized carbons (Fsp3) is 0.438. The molecule has 0 unspecified atom stereocenters. The first-order chi connectivity index (χ1) is 11.0. The maximum atomic E-state index is 11.9. The van der Waals surface area contributed by atoms with E-state index in [1.54, 1.807) is 24.3 Å². The van der Waals surface area contributed by atoms with E-state index in [4.69, 9.17) is 10.5 Å². The van der Waals surface area contributed by atoms with Gasteiger partial charge in [-0.3, -0.25) is 9.59 Å². The molecule has 0 spiro atoms. The number of carbonyl (C=O) groups excluding carboxylic acids is 3. The molecule has 0 fully saturated rings. The van der Waals surface area contributed by atoms with Crippen LogP contribution >= 0.6 is 0 Å². The van der Waals surface area contributed by atoms with E-state index in [1.807, 2.05) is 6.07 Å². The minimum atomic E-state index is -1.21. The molecule has 2 atom stereocenters. The lowest BCUT2D eigenvalue weighted by molar-refractivity contribution is -0.150. The minimum absolute atomic E-state index is 0. The number of carbonyl (C=O) groups is 3. The van der Waals surface area contributed by atoms with Gasteiger partial charge in [0.1, 0.15) is 12.6 Å². The Balaban J connectivity index is 0.00000529. The Bertz CT molecular complexity index is 536. The number of aliphatic hydroxyl groups excluding tert-OH is 1. The van der Waals surface area contributed by atoms with E-state index in [0.29, 0.717) is 0 Å². The van der Waals surface area contributed by atoms with Gasteiger partial charge in [-0.15, -0.1) is 0 Å². The van der Waals surface area contributed by atoms with Crippen LogP contribution in [0.2, 0.25) is 0 Å². The summed E-state index contributed by atoms with van der Waals surface area (Å²) in [6, 6.07) is 6.91. The second-order valence-electron chi connectivity index (χ2n) is 4.83. The first-order valence-electron chi connectivity index (χ1n) is 7.09. The first kappa shape index (κ1) is 21.6. The van der Waals surface area contributed by atoms with Crippen LogP contribution in [0.5, 0.6) is 0 Å². The molecule has 0 aliphatic rings. The third-order valence-corrected chi connectivity index (χ3v) is 2.96. The molecule has 0 saturated heterocycles. The van der Waals surface area contributed by atoms with Crippen molar-refractivity contribution in [3.63, 3.8) is 0 Å². The number of benzene rings is 1. The maximum absolute atomic E-state index is 11.9. The van der Waals surface area contributed by atoms with Crippen molar-refractivity contribution >= 4 is 17.8 Å². The predicted octanol–water partition coefficient (Wildman–Crippen LogP) is -0.694. The normalized spacial score (nSPS) is 12.3. The van der Waals surface area contributed by atoms with Crippen LogP contribution < -0.4 is 16.4 Å². The van der Waals surface area contributed by atoms with Gasteiger partial charge in [-0.2, -0.15) is 0 Å². The number of esters is 1. The lowest BCUT2D eigenvalue weighted by Crippen LogP contribution is -2.52. The summed E-state index contributed by atoms with van der Waals surface area (Å²) in [5.41, 5.74) is 5.92. The second-order valence-corrected chi connectivity index (χ2v) is 4.83. The van der Waals surface area contributed by atoms with E-state index in [1.165, 1.54) is 6.92 Å². The van der Waals surface area contributed by atoms with Crippen LogP contribution in [-0.4, -0.2) is 48.1 Å². The fourth-order valence-electron chi connectivity index (χ4n) is 1.67. The third-order valence-electron chi connectivity index (χ3n) is 2.96. The van der Waals surface area contributed by atoms with E-state index in [9.17, 15) is 19.5 Å². The molecule has 0 aromatic heterocycles. The molecule has 2 amide bonds. The summed E-state index contributed by atoms with van der Waals surface area (Å²) in [6.07, 6.45) is 0. The highest BCUT2D eigenvalue weighted by atomic mass is 16.5. The summed E-state index contributed by atoms with van der Waals surface area (Å²) in [7, 11) is 0. The van der Waals surface area contributed by atoms with E-state index >= 15 is 0 Å². The van der Waals surface area contributed by atoms with Crippen molar-refractivity contribution < 1.29 is 24.2 Å². The fourth-order valence-corrected chi connectivity index (χ4v) is 1.67. The molecular formula is C16H25N3O5. The van der Waals surface area contributed by atoms with Gasteiger partial charge in [0.25, 0.3) is 0 Å². The highest BCUT2D eigenvalue weighted by molar-refractivity contribution is 5.90. The second kappa shape index (κ2) is 11.1. The van der Waals surface area contributed by atoms with Gasteiger partial charge < -0.3 is 26.2 Å². The van der Waals surface area contributed by atoms with Crippen molar-refractivity contribution in [3.8, 4) is 0 Å². The number of amides is 2. The zero-order valence-corrected chi connectivity index (χ0v) is 12.8. The zero-order valence-electron chi connectivity index (χ0n) is 12.8. The van der Waals surface area contributed by atoms with Gasteiger partial charge in [-0.05, 0) is 12.5 Å². The predicted molar refractivity (Wildman–Crippen MR) is 88.6 cm³/mol. The average molecular weight is 339 g/mol. The Morgan fingerprint density at radius 2 is 1.83 bits per heavy atom. The van der Waals surface area contributed by atoms with Crippen LogP contribution in [-0.2, 0) is 25.7 Å². The number of ether oxygens (including phenoxy) is 1. The Labute approximate surface area is 141 Å². The monoisotopic (exact) mass is 339 g/mol. The smallest absolute Gasteiger partial charge is 0.331 e. The first-order valence-corrected chi connectivity index (χ1v) is 7.09. The molecule has 0 aliphatic heterocycles. The Kier molecular flexibility index (Phi) is 10.0. The summed E-state index contributed by atoms with van der Waals surface area (Å²) in [4.78, 5) is 34.9. The Hall–Kier alpha value is -2.45. The lowest BCUT2D eigenvalue weighted by Gasteiger charge is -2.19. The average Bonchev–Trinajstić information content (AvgIpc) is 2.57. The summed E-state index contributed by atoms with van der Waals surface area (Å²) >= 11 is 0. The number of nitrogens with one attached hydrogen (secondary N) is 2. The number of hydrogen-bond donors (Lipinski definition) is 4.